The fourth-order valence-corrected chi connectivity index (χ4v) is 2.94. The Kier molecular flexibility index (Phi) is 5.24. The molecule has 0 unspecified atom stereocenters. The van der Waals surface area contributed by atoms with E-state index in [2.05, 4.69) is 4.99 Å². The van der Waals surface area contributed by atoms with Crippen LogP contribution in [0.3, 0.4) is 0 Å². The maximum absolute atomic E-state index is 14.4. The van der Waals surface area contributed by atoms with E-state index < -0.39 is 17.2 Å². The topological polar surface area (TPSA) is 24.8 Å². The predicted molar refractivity (Wildman–Crippen MR) is 94.4 cm³/mol. The zero-order valence-electron chi connectivity index (χ0n) is 14.0. The molecule has 0 saturated heterocycles. The van der Waals surface area contributed by atoms with E-state index >= 15 is 0 Å². The molecule has 2 aromatic carbocycles. The normalized spacial score (nSPS) is 14.1. The third-order valence-corrected chi connectivity index (χ3v) is 4.31. The highest BCUT2D eigenvalue weighted by Gasteiger charge is 2.35. The van der Waals surface area contributed by atoms with Crippen LogP contribution in [0.25, 0.3) is 0 Å². The van der Waals surface area contributed by atoms with E-state index in [1.54, 1.807) is 55.9 Å². The van der Waals surface area contributed by atoms with Crippen molar-refractivity contribution in [2.45, 2.75) is 12.5 Å². The lowest BCUT2D eigenvalue weighted by Gasteiger charge is -2.32. The second kappa shape index (κ2) is 7.57. The Balaban J connectivity index is 1.87. The van der Waals surface area contributed by atoms with Gasteiger partial charge in [-0.3, -0.25) is 0 Å². The molecule has 2 aromatic rings. The number of benzene rings is 2. The average molecular weight is 342 g/mol. The monoisotopic (exact) mass is 342 g/mol. The lowest BCUT2D eigenvalue weighted by molar-refractivity contribution is -0.0126. The number of rotatable bonds is 6. The molecular weight excluding hydrogens is 322 g/mol. The number of hydrogen-bond acceptors (Lipinski definition) is 3. The summed E-state index contributed by atoms with van der Waals surface area (Å²) in [5.74, 6) is -0.841. The van der Waals surface area contributed by atoms with Gasteiger partial charge in [0.1, 0.15) is 17.2 Å². The molecule has 0 N–H and O–H groups in total. The molecule has 1 aliphatic rings. The maximum Gasteiger partial charge on any atom is 0.129 e. The molecule has 0 spiro atoms. The van der Waals surface area contributed by atoms with Gasteiger partial charge in [-0.15, -0.1) is 0 Å². The van der Waals surface area contributed by atoms with Crippen molar-refractivity contribution in [2.75, 3.05) is 19.7 Å². The largest absolute Gasteiger partial charge is 0.364 e. The number of nitrogens with zero attached hydrogens (tertiary/aromatic N) is 2. The molecule has 1 heterocycles. The Bertz CT molecular complexity index is 743. The minimum Gasteiger partial charge on any atom is -0.364 e. The Morgan fingerprint density at radius 2 is 1.64 bits per heavy atom. The maximum atomic E-state index is 14.4. The Hall–Kier alpha value is -2.53. The third-order valence-electron chi connectivity index (χ3n) is 4.31. The van der Waals surface area contributed by atoms with E-state index in [-0.39, 0.29) is 0 Å². The number of aliphatic imine (C=N–C) groups is 1. The van der Waals surface area contributed by atoms with Crippen LogP contribution in [0.4, 0.5) is 8.78 Å². The molecule has 3 nitrogen and oxygen atoms in total. The van der Waals surface area contributed by atoms with Gasteiger partial charge in [0.15, 0.2) is 0 Å². The van der Waals surface area contributed by atoms with Crippen LogP contribution in [0, 0.1) is 11.6 Å². The molecular formula is C20H20F2N2O. The predicted octanol–water partition coefficient (Wildman–Crippen LogP) is 4.10. The molecule has 25 heavy (non-hydrogen) atoms. The molecule has 3 rings (SSSR count). The lowest BCUT2D eigenvalue weighted by Crippen LogP contribution is -2.34. The number of halogens is 2. The molecule has 0 bridgehead atoms. The lowest BCUT2D eigenvalue weighted by atomic mass is 9.87. The zero-order valence-corrected chi connectivity index (χ0v) is 14.0. The quantitative estimate of drug-likeness (QED) is 0.789. The average Bonchev–Trinajstić information content (AvgIpc) is 2.63. The van der Waals surface area contributed by atoms with Gasteiger partial charge < -0.3 is 9.64 Å². The van der Waals surface area contributed by atoms with Crippen LogP contribution < -0.4 is 0 Å². The first-order valence-corrected chi connectivity index (χ1v) is 8.17. The summed E-state index contributed by atoms with van der Waals surface area (Å²) >= 11 is 0. The van der Waals surface area contributed by atoms with Gasteiger partial charge in [-0.05, 0) is 25.1 Å². The van der Waals surface area contributed by atoms with Crippen molar-refractivity contribution in [1.29, 1.82) is 0 Å². The molecule has 0 atom stereocenters. The molecule has 0 radical (unpaired) electrons. The SMILES string of the molecule is CC(OCCN1C=NC=CC1)(c1ccccc1F)c1ccccc1F. The first-order chi connectivity index (χ1) is 12.1. The van der Waals surface area contributed by atoms with Gasteiger partial charge in [-0.2, -0.15) is 0 Å². The van der Waals surface area contributed by atoms with Crippen LogP contribution in [0.2, 0.25) is 0 Å². The van der Waals surface area contributed by atoms with E-state index in [0.717, 1.165) is 6.54 Å². The highest BCUT2D eigenvalue weighted by Crippen LogP contribution is 2.36. The van der Waals surface area contributed by atoms with E-state index in [1.807, 2.05) is 11.0 Å². The third kappa shape index (κ3) is 3.77. The van der Waals surface area contributed by atoms with Gasteiger partial charge in [-0.1, -0.05) is 36.4 Å². The minimum atomic E-state index is -1.22. The fraction of sp³-hybridized carbons (Fsp3) is 0.250. The molecule has 0 amide bonds. The van der Waals surface area contributed by atoms with Crippen molar-refractivity contribution in [3.63, 3.8) is 0 Å². The summed E-state index contributed by atoms with van der Waals surface area (Å²) in [6, 6.07) is 12.7. The fourth-order valence-electron chi connectivity index (χ4n) is 2.94. The molecule has 0 aliphatic carbocycles. The smallest absolute Gasteiger partial charge is 0.129 e. The van der Waals surface area contributed by atoms with E-state index in [0.29, 0.717) is 24.3 Å². The minimum absolute atomic E-state index is 0.305. The zero-order chi connectivity index (χ0) is 17.7. The molecule has 5 heteroatoms. The van der Waals surface area contributed by atoms with Crippen molar-refractivity contribution in [1.82, 2.24) is 4.90 Å². The first kappa shape index (κ1) is 17.3. The van der Waals surface area contributed by atoms with Crippen molar-refractivity contribution in [3.8, 4) is 0 Å². The van der Waals surface area contributed by atoms with Gasteiger partial charge in [-0.25, -0.2) is 13.8 Å². The second-order valence-corrected chi connectivity index (χ2v) is 5.99. The number of hydrogen-bond donors (Lipinski definition) is 0. The van der Waals surface area contributed by atoms with Crippen LogP contribution in [-0.2, 0) is 10.3 Å². The van der Waals surface area contributed by atoms with E-state index in [9.17, 15) is 8.78 Å². The number of ether oxygens (including phenoxy) is 1. The summed E-state index contributed by atoms with van der Waals surface area (Å²) in [4.78, 5) is 6.04. The van der Waals surface area contributed by atoms with Crippen LogP contribution >= 0.6 is 0 Å². The second-order valence-electron chi connectivity index (χ2n) is 5.99. The van der Waals surface area contributed by atoms with Crippen LogP contribution in [0.5, 0.6) is 0 Å². The van der Waals surface area contributed by atoms with Gasteiger partial charge >= 0.3 is 0 Å². The summed E-state index contributed by atoms with van der Waals surface area (Å²) in [5.41, 5.74) is -0.598. The highest BCUT2D eigenvalue weighted by atomic mass is 19.1. The van der Waals surface area contributed by atoms with Gasteiger partial charge in [0.25, 0.3) is 0 Å². The summed E-state index contributed by atoms with van der Waals surface area (Å²) in [6.45, 7) is 3.32. The van der Waals surface area contributed by atoms with Gasteiger partial charge in [0, 0.05) is 30.4 Å². The molecule has 0 aromatic heterocycles. The Labute approximate surface area is 146 Å². The van der Waals surface area contributed by atoms with Crippen molar-refractivity contribution in [2.24, 2.45) is 4.99 Å². The highest BCUT2D eigenvalue weighted by molar-refractivity contribution is 5.57. The standard InChI is InChI=1S/C20H20F2N2O/c1-20(16-7-2-4-9-18(16)21,17-8-3-5-10-19(17)22)25-14-13-24-12-6-11-23-15-24/h2-11,15H,12-14H2,1H3. The summed E-state index contributed by atoms with van der Waals surface area (Å²) in [6.07, 6.45) is 5.40. The first-order valence-electron chi connectivity index (χ1n) is 8.17. The van der Waals surface area contributed by atoms with E-state index in [4.69, 9.17) is 4.74 Å². The molecule has 130 valence electrons. The Morgan fingerprint density at radius 3 is 2.16 bits per heavy atom. The summed E-state index contributed by atoms with van der Waals surface area (Å²) < 4.78 is 34.9. The van der Waals surface area contributed by atoms with E-state index in [1.165, 1.54) is 12.1 Å². The molecule has 0 saturated carbocycles. The van der Waals surface area contributed by atoms with Gasteiger partial charge in [0.05, 0.1) is 12.9 Å². The van der Waals surface area contributed by atoms with Crippen molar-refractivity contribution in [3.05, 3.63) is 83.6 Å². The van der Waals surface area contributed by atoms with Crippen molar-refractivity contribution >= 4 is 6.34 Å². The summed E-state index contributed by atoms with van der Waals surface area (Å²) in [7, 11) is 0. The molecule has 1 aliphatic heterocycles. The summed E-state index contributed by atoms with van der Waals surface area (Å²) in [5, 5.41) is 0. The van der Waals surface area contributed by atoms with Crippen LogP contribution in [-0.4, -0.2) is 30.9 Å². The Morgan fingerprint density at radius 1 is 1.04 bits per heavy atom. The van der Waals surface area contributed by atoms with Gasteiger partial charge in [0.2, 0.25) is 0 Å². The molecule has 0 fully saturated rings. The van der Waals surface area contributed by atoms with Crippen LogP contribution in [0.1, 0.15) is 18.1 Å². The van der Waals surface area contributed by atoms with Crippen molar-refractivity contribution < 1.29 is 13.5 Å². The van der Waals surface area contributed by atoms with Crippen LogP contribution in [0.15, 0.2) is 65.8 Å².